The van der Waals surface area contributed by atoms with Crippen molar-refractivity contribution < 1.29 is 14.4 Å². The minimum atomic E-state index is -1.05. The summed E-state index contributed by atoms with van der Waals surface area (Å²) in [6.45, 7) is 3.47. The Hall–Kier alpha value is -2.75. The predicted molar refractivity (Wildman–Crippen MR) is 93.7 cm³/mol. The molecule has 1 amide bonds. The van der Waals surface area contributed by atoms with Gasteiger partial charge in [0.1, 0.15) is 18.0 Å². The molecule has 0 aliphatic carbocycles. The van der Waals surface area contributed by atoms with Crippen molar-refractivity contribution in [1.82, 2.24) is 0 Å². The second kappa shape index (κ2) is 8.20. The Labute approximate surface area is 141 Å². The Balaban J connectivity index is 2.35. The maximum absolute atomic E-state index is 12.7. The Bertz CT molecular complexity index is 695. The van der Waals surface area contributed by atoms with Crippen LogP contribution < -0.4 is 5.32 Å². The first-order valence-corrected chi connectivity index (χ1v) is 7.94. The molecule has 0 aliphatic rings. The van der Waals surface area contributed by atoms with E-state index in [1.54, 1.807) is 62.4 Å². The molecular formula is C20H21NO3. The van der Waals surface area contributed by atoms with Gasteiger partial charge in [0.25, 0.3) is 0 Å². The number of nitrogens with one attached hydrogen (secondary N) is 1. The standard InChI is InChI=1S/C20H21NO3/c1-14(2)19(23)18(17(13-22)15-9-5-3-6-10-15)20(24)21-16-11-7-4-8-12-16/h3-14,17-18H,1-2H3,(H,21,24)/t17-,18+/m0/s1. The van der Waals surface area contributed by atoms with E-state index in [4.69, 9.17) is 0 Å². The van der Waals surface area contributed by atoms with E-state index in [-0.39, 0.29) is 11.7 Å². The number of carbonyl (C=O) groups excluding carboxylic acids is 3. The third kappa shape index (κ3) is 4.16. The molecule has 2 aromatic rings. The molecule has 4 nitrogen and oxygen atoms in total. The van der Waals surface area contributed by atoms with Crippen molar-refractivity contribution >= 4 is 23.7 Å². The van der Waals surface area contributed by atoms with Gasteiger partial charge in [-0.1, -0.05) is 62.4 Å². The van der Waals surface area contributed by atoms with Gasteiger partial charge in [-0.05, 0) is 17.7 Å². The largest absolute Gasteiger partial charge is 0.325 e. The third-order valence-electron chi connectivity index (χ3n) is 3.89. The molecule has 0 radical (unpaired) electrons. The maximum Gasteiger partial charge on any atom is 0.236 e. The number of ketones is 1. The Morgan fingerprint density at radius 2 is 1.46 bits per heavy atom. The fourth-order valence-electron chi connectivity index (χ4n) is 2.59. The van der Waals surface area contributed by atoms with Gasteiger partial charge >= 0.3 is 0 Å². The number of para-hydroxylation sites is 1. The number of carbonyl (C=O) groups is 3. The molecule has 1 N–H and O–H groups in total. The van der Waals surface area contributed by atoms with E-state index in [1.807, 2.05) is 12.1 Å². The van der Waals surface area contributed by atoms with Crippen LogP contribution in [-0.2, 0) is 14.4 Å². The monoisotopic (exact) mass is 323 g/mol. The van der Waals surface area contributed by atoms with Crippen LogP contribution in [0.25, 0.3) is 0 Å². The molecule has 4 heteroatoms. The lowest BCUT2D eigenvalue weighted by Gasteiger charge is -2.23. The number of hydrogen-bond donors (Lipinski definition) is 1. The smallest absolute Gasteiger partial charge is 0.236 e. The van der Waals surface area contributed by atoms with Gasteiger partial charge < -0.3 is 10.1 Å². The lowest BCUT2D eigenvalue weighted by molar-refractivity contribution is -0.136. The number of hydrogen-bond acceptors (Lipinski definition) is 3. The van der Waals surface area contributed by atoms with Crippen molar-refractivity contribution in [3.63, 3.8) is 0 Å². The Kier molecular flexibility index (Phi) is 6.01. The number of rotatable bonds is 7. The van der Waals surface area contributed by atoms with Gasteiger partial charge in [0.15, 0.2) is 0 Å². The van der Waals surface area contributed by atoms with Crippen LogP contribution in [-0.4, -0.2) is 18.0 Å². The van der Waals surface area contributed by atoms with Crippen LogP contribution in [0.15, 0.2) is 60.7 Å². The quantitative estimate of drug-likeness (QED) is 0.627. The third-order valence-corrected chi connectivity index (χ3v) is 3.89. The van der Waals surface area contributed by atoms with Crippen molar-refractivity contribution in [3.05, 3.63) is 66.2 Å². The molecule has 0 fully saturated rings. The van der Waals surface area contributed by atoms with Crippen LogP contribution in [0.4, 0.5) is 5.69 Å². The number of Topliss-reactive ketones (excluding diaryl/α,β-unsaturated/α-hetero) is 1. The summed E-state index contributed by atoms with van der Waals surface area (Å²) >= 11 is 0. The molecule has 0 heterocycles. The number of aldehydes is 1. The Morgan fingerprint density at radius 1 is 0.917 bits per heavy atom. The number of amides is 1. The summed E-state index contributed by atoms with van der Waals surface area (Å²) in [7, 11) is 0. The average molecular weight is 323 g/mol. The zero-order valence-corrected chi connectivity index (χ0v) is 13.8. The molecule has 0 saturated heterocycles. The molecule has 0 spiro atoms. The van der Waals surface area contributed by atoms with Gasteiger partial charge in [0, 0.05) is 11.6 Å². The summed E-state index contributed by atoms with van der Waals surface area (Å²) in [4.78, 5) is 37.1. The van der Waals surface area contributed by atoms with Crippen molar-refractivity contribution in [1.29, 1.82) is 0 Å². The van der Waals surface area contributed by atoms with E-state index < -0.39 is 17.7 Å². The summed E-state index contributed by atoms with van der Waals surface area (Å²) in [5, 5.41) is 2.74. The van der Waals surface area contributed by atoms with Gasteiger partial charge in [0.05, 0.1) is 5.92 Å². The van der Waals surface area contributed by atoms with E-state index in [2.05, 4.69) is 5.32 Å². The molecular weight excluding hydrogens is 302 g/mol. The summed E-state index contributed by atoms with van der Waals surface area (Å²) in [6, 6.07) is 17.8. The fourth-order valence-corrected chi connectivity index (χ4v) is 2.59. The highest BCUT2D eigenvalue weighted by atomic mass is 16.2. The Morgan fingerprint density at radius 3 is 1.96 bits per heavy atom. The number of anilines is 1. The highest BCUT2D eigenvalue weighted by Crippen LogP contribution is 2.27. The molecule has 2 rings (SSSR count). The minimum Gasteiger partial charge on any atom is -0.325 e. The molecule has 0 unspecified atom stereocenters. The zero-order valence-electron chi connectivity index (χ0n) is 13.8. The van der Waals surface area contributed by atoms with Crippen LogP contribution >= 0.6 is 0 Å². The molecule has 2 aromatic carbocycles. The highest BCUT2D eigenvalue weighted by Gasteiger charge is 2.36. The first-order valence-electron chi connectivity index (χ1n) is 7.94. The summed E-state index contributed by atoms with van der Waals surface area (Å²) < 4.78 is 0. The van der Waals surface area contributed by atoms with Crippen molar-refractivity contribution in [3.8, 4) is 0 Å². The predicted octanol–water partition coefficient (Wildman–Crippen LogP) is 3.45. The van der Waals surface area contributed by atoms with Gasteiger partial charge in [-0.3, -0.25) is 9.59 Å². The van der Waals surface area contributed by atoms with E-state index in [9.17, 15) is 14.4 Å². The van der Waals surface area contributed by atoms with Crippen LogP contribution in [0.1, 0.15) is 25.3 Å². The van der Waals surface area contributed by atoms with Crippen molar-refractivity contribution in [2.24, 2.45) is 11.8 Å². The average Bonchev–Trinajstić information content (AvgIpc) is 2.60. The normalized spacial score (nSPS) is 13.1. The second-order valence-corrected chi connectivity index (χ2v) is 5.96. The van der Waals surface area contributed by atoms with Crippen LogP contribution in [0.3, 0.4) is 0 Å². The fraction of sp³-hybridized carbons (Fsp3) is 0.250. The van der Waals surface area contributed by atoms with E-state index in [0.29, 0.717) is 17.5 Å². The molecule has 0 saturated carbocycles. The van der Waals surface area contributed by atoms with Crippen LogP contribution in [0.2, 0.25) is 0 Å². The van der Waals surface area contributed by atoms with E-state index in [1.165, 1.54) is 0 Å². The van der Waals surface area contributed by atoms with Crippen LogP contribution in [0, 0.1) is 11.8 Å². The topological polar surface area (TPSA) is 63.2 Å². The lowest BCUT2D eigenvalue weighted by Crippen LogP contribution is -2.37. The summed E-state index contributed by atoms with van der Waals surface area (Å²) in [6.07, 6.45) is 0.685. The summed E-state index contributed by atoms with van der Waals surface area (Å²) in [5.74, 6) is -2.90. The molecule has 124 valence electrons. The first kappa shape index (κ1) is 17.6. The highest BCUT2D eigenvalue weighted by molar-refractivity contribution is 6.10. The van der Waals surface area contributed by atoms with Crippen molar-refractivity contribution in [2.45, 2.75) is 19.8 Å². The molecule has 0 aliphatic heterocycles. The van der Waals surface area contributed by atoms with Gasteiger partial charge in [-0.2, -0.15) is 0 Å². The van der Waals surface area contributed by atoms with E-state index >= 15 is 0 Å². The van der Waals surface area contributed by atoms with Gasteiger partial charge in [0.2, 0.25) is 5.91 Å². The molecule has 24 heavy (non-hydrogen) atoms. The van der Waals surface area contributed by atoms with Gasteiger partial charge in [-0.15, -0.1) is 0 Å². The summed E-state index contributed by atoms with van der Waals surface area (Å²) in [5.41, 5.74) is 1.26. The SMILES string of the molecule is CC(C)C(=O)[C@H](C(=O)Nc1ccccc1)[C@@H](C=O)c1ccccc1. The first-order chi connectivity index (χ1) is 11.5. The molecule has 2 atom stereocenters. The van der Waals surface area contributed by atoms with Gasteiger partial charge in [-0.25, -0.2) is 0 Å². The zero-order chi connectivity index (χ0) is 17.5. The minimum absolute atomic E-state index is 0.246. The second-order valence-electron chi connectivity index (χ2n) is 5.96. The van der Waals surface area contributed by atoms with Crippen molar-refractivity contribution in [2.75, 3.05) is 5.32 Å². The molecule has 0 bridgehead atoms. The van der Waals surface area contributed by atoms with Crippen LogP contribution in [0.5, 0.6) is 0 Å². The van der Waals surface area contributed by atoms with E-state index in [0.717, 1.165) is 0 Å². The number of benzene rings is 2. The lowest BCUT2D eigenvalue weighted by atomic mass is 9.80. The molecule has 0 aromatic heterocycles. The maximum atomic E-state index is 12.7.